The molecule has 100 valence electrons. The van der Waals surface area contributed by atoms with Gasteiger partial charge in [0.2, 0.25) is 5.91 Å². The first-order valence-corrected chi connectivity index (χ1v) is 6.65. The highest BCUT2D eigenvalue weighted by Crippen LogP contribution is 2.21. The summed E-state index contributed by atoms with van der Waals surface area (Å²) in [4.78, 5) is 22.5. The summed E-state index contributed by atoms with van der Waals surface area (Å²) in [5.74, 6) is 0.246. The molecule has 0 saturated heterocycles. The Hall–Kier alpha value is -1.97. The molecule has 0 saturated carbocycles. The van der Waals surface area contributed by atoms with E-state index in [1.807, 2.05) is 39.1 Å². The van der Waals surface area contributed by atoms with Gasteiger partial charge in [0.05, 0.1) is 11.0 Å². The molecule has 4 nitrogen and oxygen atoms in total. The molecule has 1 aromatic carbocycles. The van der Waals surface area contributed by atoms with Crippen molar-refractivity contribution in [3.63, 3.8) is 0 Å². The minimum absolute atomic E-state index is 0.0857. The van der Waals surface area contributed by atoms with Crippen molar-refractivity contribution in [2.75, 3.05) is 11.9 Å². The lowest BCUT2D eigenvalue weighted by Gasteiger charge is -2.22. The zero-order valence-corrected chi connectivity index (χ0v) is 11.6. The Morgan fingerprint density at radius 1 is 1.16 bits per heavy atom. The number of rotatable bonds is 4. The number of nitrogens with zero attached hydrogens (tertiary/aromatic N) is 3. The highest BCUT2D eigenvalue weighted by Gasteiger charge is 2.19. The molecule has 1 heterocycles. The van der Waals surface area contributed by atoms with Crippen LogP contribution < -0.4 is 4.90 Å². The number of benzene rings is 1. The van der Waals surface area contributed by atoms with Crippen molar-refractivity contribution < 1.29 is 4.79 Å². The average Bonchev–Trinajstić information content (AvgIpc) is 2.47. The molecule has 0 aliphatic heterocycles. The van der Waals surface area contributed by atoms with E-state index in [1.165, 1.54) is 0 Å². The molecule has 0 radical (unpaired) electrons. The van der Waals surface area contributed by atoms with E-state index >= 15 is 0 Å². The van der Waals surface area contributed by atoms with E-state index in [1.54, 1.807) is 17.3 Å². The predicted molar refractivity (Wildman–Crippen MR) is 77.0 cm³/mol. The molecule has 0 N–H and O–H groups in total. The smallest absolute Gasteiger partial charge is 0.229 e. The van der Waals surface area contributed by atoms with E-state index in [0.29, 0.717) is 0 Å². The largest absolute Gasteiger partial charge is 0.315 e. The van der Waals surface area contributed by atoms with Crippen LogP contribution in [0.5, 0.6) is 0 Å². The van der Waals surface area contributed by atoms with Crippen LogP contribution >= 0.6 is 0 Å². The van der Waals surface area contributed by atoms with E-state index in [2.05, 4.69) is 9.97 Å². The number of carbonyl (C=O) groups excluding carboxylic acids is 1. The molecule has 0 unspecified atom stereocenters. The van der Waals surface area contributed by atoms with Crippen LogP contribution in [0, 0.1) is 5.92 Å². The van der Waals surface area contributed by atoms with Crippen molar-refractivity contribution in [3.05, 3.63) is 30.6 Å². The summed E-state index contributed by atoms with van der Waals surface area (Å²) in [6.45, 7) is 4.09. The Kier molecular flexibility index (Phi) is 4.10. The van der Waals surface area contributed by atoms with Crippen LogP contribution in [0.15, 0.2) is 30.6 Å². The third kappa shape index (κ3) is 2.72. The molecule has 0 aliphatic rings. The Balaban J connectivity index is 2.30. The zero-order valence-electron chi connectivity index (χ0n) is 11.6. The van der Waals surface area contributed by atoms with Crippen molar-refractivity contribution >= 4 is 22.6 Å². The van der Waals surface area contributed by atoms with Crippen molar-refractivity contribution in [2.45, 2.75) is 26.7 Å². The van der Waals surface area contributed by atoms with Gasteiger partial charge in [0.15, 0.2) is 0 Å². The third-order valence-corrected chi connectivity index (χ3v) is 3.51. The molecule has 1 aromatic heterocycles. The summed E-state index contributed by atoms with van der Waals surface area (Å²) in [6, 6.07) is 5.72. The van der Waals surface area contributed by atoms with Gasteiger partial charge in [-0.15, -0.1) is 0 Å². The minimum atomic E-state index is 0.0857. The number of aromatic nitrogens is 2. The summed E-state index contributed by atoms with van der Waals surface area (Å²) in [5.41, 5.74) is 2.52. The molecular formula is C15H19N3O. The lowest BCUT2D eigenvalue weighted by molar-refractivity contribution is -0.122. The first-order valence-electron chi connectivity index (χ1n) is 6.65. The van der Waals surface area contributed by atoms with Gasteiger partial charge in [-0.3, -0.25) is 14.8 Å². The average molecular weight is 257 g/mol. The van der Waals surface area contributed by atoms with E-state index in [-0.39, 0.29) is 11.8 Å². The van der Waals surface area contributed by atoms with Gasteiger partial charge in [0, 0.05) is 31.0 Å². The predicted octanol–water partition coefficient (Wildman–Crippen LogP) is 3.03. The van der Waals surface area contributed by atoms with Gasteiger partial charge in [-0.05, 0) is 31.0 Å². The minimum Gasteiger partial charge on any atom is -0.315 e. The van der Waals surface area contributed by atoms with Crippen LogP contribution in [0.3, 0.4) is 0 Å². The van der Waals surface area contributed by atoms with Crippen molar-refractivity contribution in [3.8, 4) is 0 Å². The Bertz CT molecular complexity index is 578. The number of carbonyl (C=O) groups is 1. The number of fused-ring (bicyclic) bond motifs is 1. The van der Waals surface area contributed by atoms with Crippen LogP contribution in [0.2, 0.25) is 0 Å². The van der Waals surface area contributed by atoms with E-state index in [9.17, 15) is 4.79 Å². The van der Waals surface area contributed by atoms with Gasteiger partial charge in [-0.25, -0.2) is 0 Å². The molecule has 0 atom stereocenters. The lowest BCUT2D eigenvalue weighted by Crippen LogP contribution is -2.32. The quantitative estimate of drug-likeness (QED) is 0.845. The van der Waals surface area contributed by atoms with E-state index in [0.717, 1.165) is 29.6 Å². The summed E-state index contributed by atoms with van der Waals surface area (Å²) in [6.07, 6.45) is 5.07. The number of amides is 1. The van der Waals surface area contributed by atoms with Crippen molar-refractivity contribution in [1.29, 1.82) is 0 Å². The van der Waals surface area contributed by atoms with Gasteiger partial charge < -0.3 is 4.90 Å². The zero-order chi connectivity index (χ0) is 13.8. The first-order chi connectivity index (χ1) is 9.17. The van der Waals surface area contributed by atoms with E-state index < -0.39 is 0 Å². The molecule has 0 spiro atoms. The third-order valence-electron chi connectivity index (χ3n) is 3.51. The molecule has 0 bridgehead atoms. The second-order valence-electron chi connectivity index (χ2n) is 4.64. The fraction of sp³-hybridized carbons (Fsp3) is 0.400. The van der Waals surface area contributed by atoms with Gasteiger partial charge in [0.25, 0.3) is 0 Å². The highest BCUT2D eigenvalue weighted by molar-refractivity contribution is 5.96. The van der Waals surface area contributed by atoms with Gasteiger partial charge >= 0.3 is 0 Å². The summed E-state index contributed by atoms with van der Waals surface area (Å²) < 4.78 is 0. The second-order valence-corrected chi connectivity index (χ2v) is 4.64. The van der Waals surface area contributed by atoms with Crippen molar-refractivity contribution in [2.24, 2.45) is 5.92 Å². The van der Waals surface area contributed by atoms with Crippen LogP contribution in [-0.4, -0.2) is 22.9 Å². The lowest BCUT2D eigenvalue weighted by atomic mass is 10.0. The second kappa shape index (κ2) is 5.78. The van der Waals surface area contributed by atoms with Gasteiger partial charge in [-0.1, -0.05) is 13.8 Å². The topological polar surface area (TPSA) is 46.1 Å². The molecule has 4 heteroatoms. The highest BCUT2D eigenvalue weighted by atomic mass is 16.2. The molecule has 0 aliphatic carbocycles. The standard InChI is InChI=1S/C15H19N3O/c1-4-11(5-2)15(19)18(3)12-6-7-13-14(10-12)17-9-8-16-13/h6-11H,4-5H2,1-3H3. The van der Waals surface area contributed by atoms with Crippen molar-refractivity contribution in [1.82, 2.24) is 9.97 Å². The van der Waals surface area contributed by atoms with Crippen LogP contribution in [0.25, 0.3) is 11.0 Å². The number of hydrogen-bond acceptors (Lipinski definition) is 3. The van der Waals surface area contributed by atoms with Crippen LogP contribution in [0.4, 0.5) is 5.69 Å². The Morgan fingerprint density at radius 2 is 1.79 bits per heavy atom. The Morgan fingerprint density at radius 3 is 2.42 bits per heavy atom. The molecular weight excluding hydrogens is 238 g/mol. The van der Waals surface area contributed by atoms with Crippen LogP contribution in [-0.2, 0) is 4.79 Å². The maximum atomic E-state index is 12.3. The fourth-order valence-corrected chi connectivity index (χ4v) is 2.20. The first kappa shape index (κ1) is 13.5. The molecule has 2 rings (SSSR count). The summed E-state index contributed by atoms with van der Waals surface area (Å²) in [7, 11) is 1.82. The Labute approximate surface area is 113 Å². The fourth-order valence-electron chi connectivity index (χ4n) is 2.20. The molecule has 1 amide bonds. The normalized spacial score (nSPS) is 10.9. The maximum Gasteiger partial charge on any atom is 0.229 e. The number of hydrogen-bond donors (Lipinski definition) is 0. The summed E-state index contributed by atoms with van der Waals surface area (Å²) >= 11 is 0. The molecule has 2 aromatic rings. The SMILES string of the molecule is CCC(CC)C(=O)N(C)c1ccc2nccnc2c1. The maximum absolute atomic E-state index is 12.3. The van der Waals surface area contributed by atoms with Crippen LogP contribution in [0.1, 0.15) is 26.7 Å². The monoisotopic (exact) mass is 257 g/mol. The number of anilines is 1. The molecule has 0 fully saturated rings. The summed E-state index contributed by atoms with van der Waals surface area (Å²) in [5, 5.41) is 0. The molecule has 19 heavy (non-hydrogen) atoms. The van der Waals surface area contributed by atoms with Gasteiger partial charge in [-0.2, -0.15) is 0 Å². The van der Waals surface area contributed by atoms with E-state index in [4.69, 9.17) is 0 Å². The van der Waals surface area contributed by atoms with Gasteiger partial charge in [0.1, 0.15) is 0 Å².